The van der Waals surface area contributed by atoms with E-state index in [0.717, 1.165) is 4.47 Å². The summed E-state index contributed by atoms with van der Waals surface area (Å²) in [6.07, 6.45) is 0. The van der Waals surface area contributed by atoms with Crippen LogP contribution in [0.3, 0.4) is 0 Å². The topological polar surface area (TPSA) is 50.2 Å². The number of hydrogen-bond acceptors (Lipinski definition) is 2. The number of carboxylic acid groups (broad SMARTS) is 1. The maximum atomic E-state index is 14.1. The first kappa shape index (κ1) is 14.7. The van der Waals surface area contributed by atoms with Crippen LogP contribution in [0.4, 0.5) is 4.39 Å². The molecule has 0 aliphatic rings. The molecule has 0 aliphatic heterocycles. The molecule has 110 valence electrons. The summed E-state index contributed by atoms with van der Waals surface area (Å²) in [6, 6.07) is 11.4. The van der Waals surface area contributed by atoms with E-state index in [1.807, 2.05) is 0 Å². The van der Waals surface area contributed by atoms with Crippen molar-refractivity contribution in [3.63, 3.8) is 0 Å². The summed E-state index contributed by atoms with van der Waals surface area (Å²) in [5.74, 6) is -1.48. The van der Waals surface area contributed by atoms with E-state index < -0.39 is 11.8 Å². The summed E-state index contributed by atoms with van der Waals surface area (Å²) < 4.78 is 14.8. The number of aromatic nitrogens is 1. The minimum Gasteiger partial charge on any atom is -0.478 e. The second-order valence-electron chi connectivity index (χ2n) is 4.91. The Bertz CT molecular complexity index is 909. The Balaban J connectivity index is 2.43. The highest BCUT2D eigenvalue weighted by atomic mass is 79.9. The molecule has 1 heterocycles. The van der Waals surface area contributed by atoms with Gasteiger partial charge in [-0.05, 0) is 42.8 Å². The molecule has 0 unspecified atom stereocenters. The van der Waals surface area contributed by atoms with Gasteiger partial charge in [-0.1, -0.05) is 28.1 Å². The fourth-order valence-electron chi connectivity index (χ4n) is 2.52. The first-order chi connectivity index (χ1) is 10.5. The molecule has 0 spiro atoms. The van der Waals surface area contributed by atoms with E-state index in [9.17, 15) is 14.3 Å². The Morgan fingerprint density at radius 1 is 1.23 bits per heavy atom. The minimum atomic E-state index is -1.06. The Labute approximate surface area is 134 Å². The molecule has 3 rings (SSSR count). The highest BCUT2D eigenvalue weighted by Gasteiger charge is 2.19. The average molecular weight is 360 g/mol. The summed E-state index contributed by atoms with van der Waals surface area (Å²) >= 11 is 3.33. The van der Waals surface area contributed by atoms with Crippen molar-refractivity contribution >= 4 is 32.8 Å². The number of aromatic carboxylic acids is 1. The predicted molar refractivity (Wildman–Crippen MR) is 86.5 cm³/mol. The Kier molecular flexibility index (Phi) is 3.66. The molecule has 0 radical (unpaired) electrons. The first-order valence-electron chi connectivity index (χ1n) is 6.57. The molecular weight excluding hydrogens is 349 g/mol. The van der Waals surface area contributed by atoms with Crippen LogP contribution in [0.2, 0.25) is 0 Å². The zero-order valence-corrected chi connectivity index (χ0v) is 13.2. The van der Waals surface area contributed by atoms with Crippen LogP contribution in [0, 0.1) is 12.7 Å². The number of hydrogen-bond donors (Lipinski definition) is 1. The monoisotopic (exact) mass is 359 g/mol. The fourth-order valence-corrected chi connectivity index (χ4v) is 2.88. The van der Waals surface area contributed by atoms with E-state index in [4.69, 9.17) is 0 Å². The molecule has 1 N–H and O–H groups in total. The van der Waals surface area contributed by atoms with Gasteiger partial charge in [0.15, 0.2) is 0 Å². The Morgan fingerprint density at radius 3 is 2.64 bits per heavy atom. The third kappa shape index (κ3) is 2.37. The largest absolute Gasteiger partial charge is 0.478 e. The highest BCUT2D eigenvalue weighted by Crippen LogP contribution is 2.32. The van der Waals surface area contributed by atoms with Crippen molar-refractivity contribution < 1.29 is 14.3 Å². The number of nitrogens with zero attached hydrogens (tertiary/aromatic N) is 1. The molecule has 0 saturated carbocycles. The first-order valence-corrected chi connectivity index (χ1v) is 7.36. The molecule has 3 nitrogen and oxygen atoms in total. The number of pyridine rings is 1. The van der Waals surface area contributed by atoms with Crippen LogP contribution in [0.25, 0.3) is 22.2 Å². The molecule has 22 heavy (non-hydrogen) atoms. The van der Waals surface area contributed by atoms with E-state index in [1.54, 1.807) is 43.3 Å². The normalized spacial score (nSPS) is 10.9. The van der Waals surface area contributed by atoms with E-state index in [-0.39, 0.29) is 5.56 Å². The smallest absolute Gasteiger partial charge is 0.336 e. The van der Waals surface area contributed by atoms with Gasteiger partial charge in [0.05, 0.1) is 16.8 Å². The standard InChI is InChI=1S/C17H11BrFNO2/c1-9-15(17(21)22)12-8-10(18)6-7-14(12)20-16(9)11-4-2-3-5-13(11)19/h2-8H,1H3,(H,21,22). The van der Waals surface area contributed by atoms with Gasteiger partial charge in [0.1, 0.15) is 5.82 Å². The van der Waals surface area contributed by atoms with Crippen LogP contribution >= 0.6 is 15.9 Å². The number of carbonyl (C=O) groups is 1. The van der Waals surface area contributed by atoms with Gasteiger partial charge in [-0.15, -0.1) is 0 Å². The third-order valence-corrected chi connectivity index (χ3v) is 4.03. The Morgan fingerprint density at radius 2 is 1.95 bits per heavy atom. The van der Waals surface area contributed by atoms with E-state index >= 15 is 0 Å². The molecular formula is C17H11BrFNO2. The van der Waals surface area contributed by atoms with E-state index in [1.165, 1.54) is 6.07 Å². The number of halogens is 2. The molecule has 3 aromatic rings. The summed E-state index contributed by atoms with van der Waals surface area (Å²) in [7, 11) is 0. The summed E-state index contributed by atoms with van der Waals surface area (Å²) in [4.78, 5) is 16.1. The van der Waals surface area contributed by atoms with Gasteiger partial charge in [-0.2, -0.15) is 0 Å². The lowest BCUT2D eigenvalue weighted by Gasteiger charge is -2.12. The van der Waals surface area contributed by atoms with Crippen molar-refractivity contribution in [2.75, 3.05) is 0 Å². The summed E-state index contributed by atoms with van der Waals surface area (Å²) in [5.41, 5.74) is 1.76. The molecule has 0 bridgehead atoms. The lowest BCUT2D eigenvalue weighted by atomic mass is 9.97. The van der Waals surface area contributed by atoms with E-state index in [0.29, 0.717) is 27.7 Å². The van der Waals surface area contributed by atoms with Crippen molar-refractivity contribution in [2.24, 2.45) is 0 Å². The zero-order valence-electron chi connectivity index (χ0n) is 11.6. The van der Waals surface area contributed by atoms with E-state index in [2.05, 4.69) is 20.9 Å². The maximum absolute atomic E-state index is 14.1. The molecule has 1 aromatic heterocycles. The number of rotatable bonds is 2. The Hall–Kier alpha value is -2.27. The maximum Gasteiger partial charge on any atom is 0.336 e. The summed E-state index contributed by atoms with van der Waals surface area (Å²) in [5, 5.41) is 10.1. The number of benzene rings is 2. The van der Waals surface area contributed by atoms with Crippen molar-refractivity contribution in [1.29, 1.82) is 0 Å². The van der Waals surface area contributed by atoms with Gasteiger partial charge in [-0.3, -0.25) is 0 Å². The van der Waals surface area contributed by atoms with Crippen LogP contribution < -0.4 is 0 Å². The predicted octanol–water partition coefficient (Wildman–Crippen LogP) is 4.81. The van der Waals surface area contributed by atoms with Crippen LogP contribution in [0.1, 0.15) is 15.9 Å². The molecule has 5 heteroatoms. The molecule has 0 aliphatic carbocycles. The van der Waals surface area contributed by atoms with Crippen molar-refractivity contribution in [1.82, 2.24) is 4.98 Å². The van der Waals surface area contributed by atoms with Crippen molar-refractivity contribution in [3.05, 3.63) is 63.9 Å². The van der Waals surface area contributed by atoms with Crippen LogP contribution in [0.15, 0.2) is 46.9 Å². The molecule has 2 aromatic carbocycles. The quantitative estimate of drug-likeness (QED) is 0.714. The van der Waals surface area contributed by atoms with Crippen molar-refractivity contribution in [2.45, 2.75) is 6.92 Å². The van der Waals surface area contributed by atoms with Gasteiger partial charge in [0.2, 0.25) is 0 Å². The minimum absolute atomic E-state index is 0.143. The highest BCUT2D eigenvalue weighted by molar-refractivity contribution is 9.10. The zero-order chi connectivity index (χ0) is 15.9. The van der Waals surface area contributed by atoms with Gasteiger partial charge in [0, 0.05) is 15.4 Å². The molecule has 0 saturated heterocycles. The van der Waals surface area contributed by atoms with Gasteiger partial charge < -0.3 is 5.11 Å². The summed E-state index contributed by atoms with van der Waals surface area (Å²) in [6.45, 7) is 1.65. The van der Waals surface area contributed by atoms with Crippen LogP contribution in [-0.2, 0) is 0 Å². The van der Waals surface area contributed by atoms with Gasteiger partial charge >= 0.3 is 5.97 Å². The second-order valence-corrected chi connectivity index (χ2v) is 5.82. The lowest BCUT2D eigenvalue weighted by molar-refractivity contribution is 0.0698. The van der Waals surface area contributed by atoms with Crippen LogP contribution in [-0.4, -0.2) is 16.1 Å². The van der Waals surface area contributed by atoms with Crippen LogP contribution in [0.5, 0.6) is 0 Å². The fraction of sp³-hybridized carbons (Fsp3) is 0.0588. The molecule has 0 fully saturated rings. The molecule has 0 amide bonds. The average Bonchev–Trinajstić information content (AvgIpc) is 2.47. The lowest BCUT2D eigenvalue weighted by Crippen LogP contribution is -2.05. The third-order valence-electron chi connectivity index (χ3n) is 3.53. The molecule has 0 atom stereocenters. The van der Waals surface area contributed by atoms with Gasteiger partial charge in [-0.25, -0.2) is 14.2 Å². The van der Waals surface area contributed by atoms with Crippen molar-refractivity contribution in [3.8, 4) is 11.3 Å². The number of carboxylic acids is 1. The number of fused-ring (bicyclic) bond motifs is 1. The second kappa shape index (κ2) is 5.50. The van der Waals surface area contributed by atoms with Gasteiger partial charge in [0.25, 0.3) is 0 Å². The SMILES string of the molecule is Cc1c(-c2ccccc2F)nc2ccc(Br)cc2c1C(=O)O.